The molecule has 33 heavy (non-hydrogen) atoms. The number of anilines is 2. The fourth-order valence-corrected chi connectivity index (χ4v) is 4.07. The number of benzene rings is 3. The summed E-state index contributed by atoms with van der Waals surface area (Å²) >= 11 is 1.37. The number of nitrogens with one attached hydrogen (secondary N) is 2. The Labute approximate surface area is 193 Å². The fraction of sp³-hybridized carbons (Fsp3) is 0.0400. The van der Waals surface area contributed by atoms with Crippen LogP contribution in [0.1, 0.15) is 25.6 Å². The smallest absolute Gasteiger partial charge is 0.265 e. The average Bonchev–Trinajstić information content (AvgIpc) is 3.51. The van der Waals surface area contributed by atoms with Crippen molar-refractivity contribution in [1.82, 2.24) is 15.0 Å². The Morgan fingerprint density at radius 3 is 2.33 bits per heavy atom. The van der Waals surface area contributed by atoms with E-state index in [9.17, 15) is 9.59 Å². The summed E-state index contributed by atoms with van der Waals surface area (Å²) in [6.07, 6.45) is 0. The second kappa shape index (κ2) is 9.05. The molecule has 0 saturated heterocycles. The summed E-state index contributed by atoms with van der Waals surface area (Å²) in [5.41, 5.74) is 4.58. The number of nitrogens with zero attached hydrogens (tertiary/aromatic N) is 3. The molecule has 2 N–H and O–H groups in total. The molecule has 2 aromatic heterocycles. The molecule has 0 saturated carbocycles. The number of carbonyl (C=O) groups excluding carboxylic acids is 2. The lowest BCUT2D eigenvalue weighted by Crippen LogP contribution is -2.13. The Balaban J connectivity index is 1.24. The Morgan fingerprint density at radius 1 is 0.818 bits per heavy atom. The van der Waals surface area contributed by atoms with Crippen LogP contribution in [0, 0.1) is 0 Å². The number of para-hydroxylation sites is 1. The van der Waals surface area contributed by atoms with Crippen LogP contribution < -0.4 is 10.6 Å². The predicted octanol–water partition coefficient (Wildman–Crippen LogP) is 5.05. The van der Waals surface area contributed by atoms with E-state index in [2.05, 4.69) is 20.9 Å². The molecule has 0 unspecified atom stereocenters. The minimum absolute atomic E-state index is 0.177. The maximum atomic E-state index is 12.7. The van der Waals surface area contributed by atoms with E-state index in [0.29, 0.717) is 28.4 Å². The van der Waals surface area contributed by atoms with Crippen molar-refractivity contribution in [3.63, 3.8) is 0 Å². The second-order valence-corrected chi connectivity index (χ2v) is 8.35. The lowest BCUT2D eigenvalue weighted by atomic mass is 10.1. The van der Waals surface area contributed by atoms with Crippen LogP contribution in [0.25, 0.3) is 11.0 Å². The minimum Gasteiger partial charge on any atom is -0.322 e. The van der Waals surface area contributed by atoms with Crippen LogP contribution in [0.4, 0.5) is 11.4 Å². The van der Waals surface area contributed by atoms with Crippen molar-refractivity contribution >= 4 is 45.6 Å². The number of rotatable bonds is 6. The Kier molecular flexibility index (Phi) is 5.65. The number of hydrogen-bond donors (Lipinski definition) is 2. The molecule has 0 spiro atoms. The van der Waals surface area contributed by atoms with Gasteiger partial charge in [-0.05, 0) is 59.5 Å². The summed E-state index contributed by atoms with van der Waals surface area (Å²) < 4.78 is 1.83. The largest absolute Gasteiger partial charge is 0.322 e. The molecule has 0 fully saturated rings. The standard InChI is InChI=1S/C25H19N5O2S/c31-24(26-19-5-3-6-20(15-19)27-25(32)23-9-4-14-33-23)18-12-10-17(11-13-18)16-30-22-8-2-1-7-21(22)28-29-30/h1-15H,16H2,(H,26,31)(H,27,32). The van der Waals surface area contributed by atoms with E-state index in [1.807, 2.05) is 52.5 Å². The van der Waals surface area contributed by atoms with Crippen LogP contribution in [0.3, 0.4) is 0 Å². The number of fused-ring (bicyclic) bond motifs is 1. The second-order valence-electron chi connectivity index (χ2n) is 7.40. The molecule has 8 heteroatoms. The van der Waals surface area contributed by atoms with Crippen molar-refractivity contribution in [3.8, 4) is 0 Å². The van der Waals surface area contributed by atoms with E-state index >= 15 is 0 Å². The molecule has 3 aromatic carbocycles. The molecule has 2 amide bonds. The molecule has 5 aromatic rings. The zero-order valence-electron chi connectivity index (χ0n) is 17.4. The maximum absolute atomic E-state index is 12.7. The highest BCUT2D eigenvalue weighted by Gasteiger charge is 2.10. The van der Waals surface area contributed by atoms with E-state index in [-0.39, 0.29) is 11.8 Å². The van der Waals surface area contributed by atoms with Crippen LogP contribution in [0.2, 0.25) is 0 Å². The molecule has 0 atom stereocenters. The molecular weight excluding hydrogens is 434 g/mol. The average molecular weight is 454 g/mol. The SMILES string of the molecule is O=C(Nc1cccc(NC(=O)c2cccs2)c1)c1ccc(Cn2nnc3ccccc32)cc1. The third-order valence-corrected chi connectivity index (χ3v) is 5.96. The molecule has 5 rings (SSSR count). The molecule has 162 valence electrons. The van der Waals surface area contributed by atoms with Gasteiger partial charge < -0.3 is 10.6 Å². The Morgan fingerprint density at radius 2 is 1.58 bits per heavy atom. The van der Waals surface area contributed by atoms with E-state index in [0.717, 1.165) is 16.6 Å². The number of thiophene rings is 1. The van der Waals surface area contributed by atoms with Gasteiger partial charge in [0.05, 0.1) is 16.9 Å². The highest BCUT2D eigenvalue weighted by atomic mass is 32.1. The number of aromatic nitrogens is 3. The summed E-state index contributed by atoms with van der Waals surface area (Å²) in [5, 5.41) is 16.0. The van der Waals surface area contributed by atoms with Crippen LogP contribution in [-0.2, 0) is 6.54 Å². The summed E-state index contributed by atoms with van der Waals surface area (Å²) in [6.45, 7) is 0.564. The molecule has 0 aliphatic rings. The van der Waals surface area contributed by atoms with Crippen molar-refractivity contribution in [1.29, 1.82) is 0 Å². The zero-order valence-corrected chi connectivity index (χ0v) is 18.3. The fourth-order valence-electron chi connectivity index (χ4n) is 3.45. The van der Waals surface area contributed by atoms with Gasteiger partial charge in [0.15, 0.2) is 0 Å². The summed E-state index contributed by atoms with van der Waals surface area (Å²) in [6, 6.07) is 25.8. The highest BCUT2D eigenvalue weighted by molar-refractivity contribution is 7.12. The summed E-state index contributed by atoms with van der Waals surface area (Å²) in [7, 11) is 0. The van der Waals surface area contributed by atoms with Gasteiger partial charge in [-0.1, -0.05) is 41.6 Å². The van der Waals surface area contributed by atoms with Gasteiger partial charge in [0.2, 0.25) is 0 Å². The maximum Gasteiger partial charge on any atom is 0.265 e. The van der Waals surface area contributed by atoms with Gasteiger partial charge in [-0.3, -0.25) is 9.59 Å². The molecule has 2 heterocycles. The summed E-state index contributed by atoms with van der Waals surface area (Å²) in [5.74, 6) is -0.404. The van der Waals surface area contributed by atoms with Crippen molar-refractivity contribution in [2.24, 2.45) is 0 Å². The first-order valence-corrected chi connectivity index (χ1v) is 11.2. The molecule has 0 radical (unpaired) electrons. The molecule has 0 aliphatic carbocycles. The summed E-state index contributed by atoms with van der Waals surface area (Å²) in [4.78, 5) is 25.6. The van der Waals surface area contributed by atoms with Crippen LogP contribution in [0.5, 0.6) is 0 Å². The lowest BCUT2D eigenvalue weighted by molar-refractivity contribution is 0.102. The van der Waals surface area contributed by atoms with Gasteiger partial charge in [-0.15, -0.1) is 16.4 Å². The van der Waals surface area contributed by atoms with Crippen LogP contribution in [-0.4, -0.2) is 26.8 Å². The molecule has 0 bridgehead atoms. The van der Waals surface area contributed by atoms with Crippen molar-refractivity contribution < 1.29 is 9.59 Å². The van der Waals surface area contributed by atoms with E-state index in [4.69, 9.17) is 0 Å². The van der Waals surface area contributed by atoms with Gasteiger partial charge in [0, 0.05) is 16.9 Å². The van der Waals surface area contributed by atoms with Gasteiger partial charge in [-0.25, -0.2) is 4.68 Å². The number of carbonyl (C=O) groups is 2. The Bertz CT molecular complexity index is 1430. The third kappa shape index (κ3) is 4.65. The quantitative estimate of drug-likeness (QED) is 0.377. The monoisotopic (exact) mass is 453 g/mol. The van der Waals surface area contributed by atoms with E-state index in [1.54, 1.807) is 42.5 Å². The molecular formula is C25H19N5O2S. The minimum atomic E-state index is -0.227. The predicted molar refractivity (Wildman–Crippen MR) is 130 cm³/mol. The highest BCUT2D eigenvalue weighted by Crippen LogP contribution is 2.19. The lowest BCUT2D eigenvalue weighted by Gasteiger charge is -2.09. The zero-order chi connectivity index (χ0) is 22.6. The van der Waals surface area contributed by atoms with Gasteiger partial charge in [0.1, 0.15) is 5.52 Å². The third-order valence-electron chi connectivity index (χ3n) is 5.09. The van der Waals surface area contributed by atoms with E-state index < -0.39 is 0 Å². The van der Waals surface area contributed by atoms with Crippen LogP contribution in [0.15, 0.2) is 90.3 Å². The first-order chi connectivity index (χ1) is 16.2. The molecule has 0 aliphatic heterocycles. The number of hydrogen-bond acceptors (Lipinski definition) is 5. The normalized spacial score (nSPS) is 10.8. The van der Waals surface area contributed by atoms with Crippen molar-refractivity contribution in [2.75, 3.05) is 10.6 Å². The Hall–Kier alpha value is -4.30. The van der Waals surface area contributed by atoms with Crippen molar-refractivity contribution in [2.45, 2.75) is 6.54 Å². The molecule has 7 nitrogen and oxygen atoms in total. The first kappa shape index (κ1) is 20.6. The van der Waals surface area contributed by atoms with Gasteiger partial charge in [0.25, 0.3) is 11.8 Å². The number of amides is 2. The van der Waals surface area contributed by atoms with Gasteiger partial charge >= 0.3 is 0 Å². The first-order valence-electron chi connectivity index (χ1n) is 10.3. The van der Waals surface area contributed by atoms with Crippen LogP contribution >= 0.6 is 11.3 Å². The van der Waals surface area contributed by atoms with E-state index in [1.165, 1.54) is 11.3 Å². The van der Waals surface area contributed by atoms with Crippen molar-refractivity contribution in [3.05, 3.63) is 106 Å². The topological polar surface area (TPSA) is 88.9 Å². The van der Waals surface area contributed by atoms with Gasteiger partial charge in [-0.2, -0.15) is 0 Å².